The monoisotopic (exact) mass is 364 g/mol. The molecule has 2 heterocycles. The summed E-state index contributed by atoms with van der Waals surface area (Å²) >= 11 is 1.95. The van der Waals surface area contributed by atoms with E-state index in [2.05, 4.69) is 52.1 Å². The summed E-state index contributed by atoms with van der Waals surface area (Å²) in [4.78, 5) is 15.3. The minimum Gasteiger partial charge on any atom is -0.350 e. The number of hydrogen-bond donors (Lipinski definition) is 0. The largest absolute Gasteiger partial charge is 0.350 e. The Morgan fingerprint density at radius 2 is 1.85 bits per heavy atom. The number of rotatable bonds is 3. The van der Waals surface area contributed by atoms with Crippen LogP contribution in [-0.2, 0) is 11.8 Å². The maximum atomic E-state index is 13.2. The van der Waals surface area contributed by atoms with Gasteiger partial charge >= 0.3 is 0 Å². The molecule has 2 atom stereocenters. The molecule has 134 valence electrons. The van der Waals surface area contributed by atoms with Crippen LogP contribution in [0.3, 0.4) is 0 Å². The highest BCUT2D eigenvalue weighted by atomic mass is 32.2. The minimum absolute atomic E-state index is 0.124. The van der Waals surface area contributed by atoms with Crippen molar-refractivity contribution in [3.63, 3.8) is 0 Å². The van der Waals surface area contributed by atoms with Gasteiger partial charge in [-0.2, -0.15) is 11.8 Å². The summed E-state index contributed by atoms with van der Waals surface area (Å²) in [5, 5.41) is 1.55. The number of fused-ring (bicyclic) bond motifs is 1. The second-order valence-corrected chi connectivity index (χ2v) is 8.30. The van der Waals surface area contributed by atoms with E-state index in [9.17, 15) is 4.79 Å². The van der Waals surface area contributed by atoms with Gasteiger partial charge in [-0.1, -0.05) is 48.5 Å². The Kier molecular flexibility index (Phi) is 4.77. The molecule has 1 aliphatic rings. The molecule has 1 aromatic heterocycles. The fourth-order valence-electron chi connectivity index (χ4n) is 3.84. The van der Waals surface area contributed by atoms with Gasteiger partial charge in [-0.3, -0.25) is 4.79 Å². The van der Waals surface area contributed by atoms with Gasteiger partial charge in [0.15, 0.2) is 0 Å². The lowest BCUT2D eigenvalue weighted by molar-refractivity contribution is -0.132. The Balaban J connectivity index is 1.56. The zero-order chi connectivity index (χ0) is 18.1. The number of carbonyl (C=O) groups excluding carboxylic acids is 1. The Labute approximate surface area is 159 Å². The molecule has 0 aliphatic carbocycles. The fourth-order valence-corrected chi connectivity index (χ4v) is 5.09. The van der Waals surface area contributed by atoms with Crippen molar-refractivity contribution in [2.45, 2.75) is 18.1 Å². The second kappa shape index (κ2) is 7.20. The summed E-state index contributed by atoms with van der Waals surface area (Å²) in [6, 6.07) is 18.9. The molecule has 1 amide bonds. The first-order valence-corrected chi connectivity index (χ1v) is 10.2. The van der Waals surface area contributed by atoms with Crippen LogP contribution in [0, 0.1) is 0 Å². The molecular weight excluding hydrogens is 340 g/mol. The quantitative estimate of drug-likeness (QED) is 0.679. The molecule has 0 radical (unpaired) electrons. The number of carbonyl (C=O) groups is 1. The highest BCUT2D eigenvalue weighted by molar-refractivity contribution is 7.99. The van der Waals surface area contributed by atoms with E-state index in [-0.39, 0.29) is 11.8 Å². The summed E-state index contributed by atoms with van der Waals surface area (Å²) in [6.07, 6.45) is 2.11. The molecule has 3 aromatic rings. The Bertz CT molecular complexity index is 918. The van der Waals surface area contributed by atoms with E-state index in [0.29, 0.717) is 5.25 Å². The van der Waals surface area contributed by atoms with Gasteiger partial charge in [0.25, 0.3) is 0 Å². The highest BCUT2D eigenvalue weighted by Gasteiger charge is 2.29. The summed E-state index contributed by atoms with van der Waals surface area (Å²) in [5.74, 6) is 1.11. The van der Waals surface area contributed by atoms with Gasteiger partial charge in [-0.25, -0.2) is 0 Å². The van der Waals surface area contributed by atoms with Gasteiger partial charge < -0.3 is 9.47 Å². The Morgan fingerprint density at radius 3 is 2.65 bits per heavy atom. The first kappa shape index (κ1) is 17.2. The highest BCUT2D eigenvalue weighted by Crippen LogP contribution is 2.35. The predicted molar refractivity (Wildman–Crippen MR) is 110 cm³/mol. The first-order chi connectivity index (χ1) is 12.6. The average Bonchev–Trinajstić information content (AvgIpc) is 3.04. The molecule has 3 nitrogen and oxygen atoms in total. The third-order valence-electron chi connectivity index (χ3n) is 5.31. The molecule has 0 bridgehead atoms. The zero-order valence-corrected chi connectivity index (χ0v) is 16.1. The maximum Gasteiger partial charge on any atom is 0.229 e. The molecule has 4 heteroatoms. The second-order valence-electron chi connectivity index (χ2n) is 6.99. The molecule has 0 spiro atoms. The van der Waals surface area contributed by atoms with Gasteiger partial charge in [-0.05, 0) is 24.1 Å². The molecule has 1 fully saturated rings. The maximum absolute atomic E-state index is 13.2. The topological polar surface area (TPSA) is 25.2 Å². The van der Waals surface area contributed by atoms with Crippen molar-refractivity contribution in [1.82, 2.24) is 9.47 Å². The van der Waals surface area contributed by atoms with Crippen molar-refractivity contribution < 1.29 is 4.79 Å². The molecule has 0 saturated carbocycles. The van der Waals surface area contributed by atoms with Gasteiger partial charge in [0.1, 0.15) is 0 Å². The Morgan fingerprint density at radius 1 is 1.12 bits per heavy atom. The standard InChI is InChI=1S/C22H24N2OS/c1-16(19-14-23(2)20-11-7-6-10-18(19)20)22(25)24-12-13-26-21(15-24)17-8-4-3-5-9-17/h3-11,14,16,21H,12-13,15H2,1-2H3. The summed E-state index contributed by atoms with van der Waals surface area (Å²) < 4.78 is 2.12. The van der Waals surface area contributed by atoms with Crippen LogP contribution in [-0.4, -0.2) is 34.2 Å². The number of benzene rings is 2. The number of amides is 1. The third kappa shape index (κ3) is 3.14. The molecule has 4 rings (SSSR count). The molecule has 1 saturated heterocycles. The third-order valence-corrected chi connectivity index (χ3v) is 6.56. The number of aromatic nitrogens is 1. The molecule has 2 aromatic carbocycles. The number of thioether (sulfide) groups is 1. The normalized spacial score (nSPS) is 18.8. The minimum atomic E-state index is -0.124. The Hall–Kier alpha value is -2.20. The van der Waals surface area contributed by atoms with E-state index < -0.39 is 0 Å². The van der Waals surface area contributed by atoms with Crippen molar-refractivity contribution in [2.24, 2.45) is 7.05 Å². The van der Waals surface area contributed by atoms with Crippen LogP contribution >= 0.6 is 11.8 Å². The number of nitrogens with zero attached hydrogens (tertiary/aromatic N) is 2. The van der Waals surface area contributed by atoms with Gasteiger partial charge in [0.2, 0.25) is 5.91 Å². The van der Waals surface area contributed by atoms with Crippen molar-refractivity contribution >= 4 is 28.6 Å². The van der Waals surface area contributed by atoms with E-state index in [1.54, 1.807) is 0 Å². The molecule has 1 aliphatic heterocycles. The summed E-state index contributed by atoms with van der Waals surface area (Å²) in [6.45, 7) is 3.67. The molecule has 26 heavy (non-hydrogen) atoms. The van der Waals surface area contributed by atoms with Crippen LogP contribution in [0.1, 0.15) is 29.2 Å². The van der Waals surface area contributed by atoms with E-state index in [0.717, 1.165) is 24.4 Å². The first-order valence-electron chi connectivity index (χ1n) is 9.14. The lowest BCUT2D eigenvalue weighted by Gasteiger charge is -2.34. The zero-order valence-electron chi connectivity index (χ0n) is 15.3. The molecule has 0 N–H and O–H groups in total. The van der Waals surface area contributed by atoms with Crippen LogP contribution in [0.2, 0.25) is 0 Å². The summed E-state index contributed by atoms with van der Waals surface area (Å²) in [7, 11) is 2.05. The van der Waals surface area contributed by atoms with Gasteiger partial charge in [0, 0.05) is 48.2 Å². The SMILES string of the molecule is CC(C(=O)N1CCSC(c2ccccc2)C1)c1cn(C)c2ccccc12. The van der Waals surface area contributed by atoms with E-state index in [1.807, 2.05) is 43.9 Å². The van der Waals surface area contributed by atoms with E-state index in [1.165, 1.54) is 16.5 Å². The van der Waals surface area contributed by atoms with Crippen molar-refractivity contribution in [1.29, 1.82) is 0 Å². The van der Waals surface area contributed by atoms with Crippen molar-refractivity contribution in [3.05, 3.63) is 71.9 Å². The van der Waals surface area contributed by atoms with E-state index in [4.69, 9.17) is 0 Å². The van der Waals surface area contributed by atoms with Crippen LogP contribution in [0.15, 0.2) is 60.8 Å². The van der Waals surface area contributed by atoms with Crippen LogP contribution in [0.5, 0.6) is 0 Å². The lowest BCUT2D eigenvalue weighted by atomic mass is 9.98. The summed E-state index contributed by atoms with van der Waals surface area (Å²) in [5.41, 5.74) is 3.62. The number of hydrogen-bond acceptors (Lipinski definition) is 2. The van der Waals surface area contributed by atoms with Crippen LogP contribution in [0.25, 0.3) is 10.9 Å². The van der Waals surface area contributed by atoms with Crippen molar-refractivity contribution in [2.75, 3.05) is 18.8 Å². The average molecular weight is 365 g/mol. The fraction of sp³-hybridized carbons (Fsp3) is 0.318. The smallest absolute Gasteiger partial charge is 0.229 e. The van der Waals surface area contributed by atoms with E-state index >= 15 is 0 Å². The van der Waals surface area contributed by atoms with Crippen LogP contribution in [0.4, 0.5) is 0 Å². The predicted octanol–water partition coefficient (Wildman–Crippen LogP) is 4.60. The molecule has 2 unspecified atom stereocenters. The number of para-hydroxylation sites is 1. The molecular formula is C22H24N2OS. The lowest BCUT2D eigenvalue weighted by Crippen LogP contribution is -2.41. The number of aryl methyl sites for hydroxylation is 1. The van der Waals surface area contributed by atoms with Crippen molar-refractivity contribution in [3.8, 4) is 0 Å². The van der Waals surface area contributed by atoms with Crippen LogP contribution < -0.4 is 0 Å². The van der Waals surface area contributed by atoms with Gasteiger partial charge in [0.05, 0.1) is 5.92 Å². The van der Waals surface area contributed by atoms with Gasteiger partial charge in [-0.15, -0.1) is 0 Å².